The monoisotopic (exact) mass is 433 g/mol. The number of hydrogen-bond donors (Lipinski definition) is 1. The number of carbonyl (C=O) groups excluding carboxylic acids is 1. The van der Waals surface area contributed by atoms with Crippen LogP contribution in [0.1, 0.15) is 56.5 Å². The van der Waals surface area contributed by atoms with Crippen LogP contribution in [0, 0.1) is 30.6 Å². The molecule has 1 N–H and O–H groups in total. The molecule has 8 heteroatoms. The predicted octanol–water partition coefficient (Wildman–Crippen LogP) is 4.47. The van der Waals surface area contributed by atoms with E-state index in [1.807, 2.05) is 0 Å². The Balaban J connectivity index is 1.51. The molecule has 0 aromatic carbocycles. The van der Waals surface area contributed by atoms with E-state index in [0.29, 0.717) is 17.5 Å². The zero-order chi connectivity index (χ0) is 18.8. The van der Waals surface area contributed by atoms with Crippen molar-refractivity contribution in [2.45, 2.75) is 64.2 Å². The lowest BCUT2D eigenvalue weighted by Crippen LogP contribution is -2.56. The Hall–Kier alpha value is -1.05. The molecule has 4 fully saturated rings. The number of aromatic nitrogens is 2. The van der Waals surface area contributed by atoms with Crippen molar-refractivity contribution >= 4 is 21.8 Å². The van der Waals surface area contributed by atoms with E-state index in [-0.39, 0.29) is 16.4 Å². The number of hydrogen-bond acceptors (Lipinski definition) is 2. The second kappa shape index (κ2) is 6.24. The van der Waals surface area contributed by atoms with Gasteiger partial charge in [-0.05, 0) is 85.6 Å². The largest absolute Gasteiger partial charge is 0.436 e. The molecule has 5 rings (SSSR count). The molecule has 1 atom stereocenters. The van der Waals surface area contributed by atoms with Crippen LogP contribution in [0.4, 0.5) is 13.2 Å². The molecule has 0 spiro atoms. The number of rotatable bonds is 3. The fraction of sp³-hybridized carbons (Fsp3) is 0.778. The molecule has 4 bridgehead atoms. The summed E-state index contributed by atoms with van der Waals surface area (Å²) in [4.78, 5) is 12.8. The fourth-order valence-electron chi connectivity index (χ4n) is 5.61. The Morgan fingerprint density at radius 1 is 1.19 bits per heavy atom. The first-order valence-electron chi connectivity index (χ1n) is 9.27. The maximum absolute atomic E-state index is 13.1. The Morgan fingerprint density at radius 3 is 2.19 bits per heavy atom. The van der Waals surface area contributed by atoms with E-state index < -0.39 is 17.9 Å². The highest BCUT2D eigenvalue weighted by atomic mass is 79.9. The number of halogens is 4. The molecular formula is C18H23BrF3N3O. The third-order valence-corrected chi connectivity index (χ3v) is 7.58. The van der Waals surface area contributed by atoms with Gasteiger partial charge in [-0.15, -0.1) is 0 Å². The molecule has 4 aliphatic carbocycles. The molecule has 4 saturated carbocycles. The summed E-state index contributed by atoms with van der Waals surface area (Å²) >= 11 is 2.97. The summed E-state index contributed by atoms with van der Waals surface area (Å²) in [6.07, 6.45) is 1.50. The smallest absolute Gasteiger partial charge is 0.351 e. The minimum Gasteiger partial charge on any atom is -0.351 e. The van der Waals surface area contributed by atoms with Crippen molar-refractivity contribution in [1.29, 1.82) is 0 Å². The molecule has 1 amide bonds. The van der Waals surface area contributed by atoms with E-state index in [0.717, 1.165) is 11.8 Å². The third-order valence-electron chi connectivity index (χ3n) is 6.63. The summed E-state index contributed by atoms with van der Waals surface area (Å²) < 4.78 is 40.3. The molecule has 26 heavy (non-hydrogen) atoms. The minimum atomic E-state index is -4.55. The predicted molar refractivity (Wildman–Crippen MR) is 93.4 cm³/mol. The second-order valence-corrected chi connectivity index (χ2v) is 9.12. The number of nitrogens with zero attached hydrogens (tertiary/aromatic N) is 2. The van der Waals surface area contributed by atoms with Crippen LogP contribution in [0.3, 0.4) is 0 Å². The SMILES string of the molecule is Cc1c(Br)c(C(F)(F)F)nn1C(C)C(=O)NC1C2CC3CC(C2)CC1C3. The molecule has 1 unspecified atom stereocenters. The van der Waals surface area contributed by atoms with Gasteiger partial charge in [0.05, 0.1) is 10.2 Å². The Labute approximate surface area is 159 Å². The van der Waals surface area contributed by atoms with E-state index in [9.17, 15) is 18.0 Å². The van der Waals surface area contributed by atoms with Gasteiger partial charge in [-0.1, -0.05) is 0 Å². The third kappa shape index (κ3) is 2.98. The zero-order valence-corrected chi connectivity index (χ0v) is 16.4. The lowest BCUT2D eigenvalue weighted by molar-refractivity contribution is -0.142. The van der Waals surface area contributed by atoms with Crippen LogP contribution < -0.4 is 5.32 Å². The normalized spacial score (nSPS) is 34.2. The van der Waals surface area contributed by atoms with Crippen molar-refractivity contribution in [3.05, 3.63) is 15.9 Å². The molecule has 144 valence electrons. The van der Waals surface area contributed by atoms with Gasteiger partial charge in [-0.3, -0.25) is 9.48 Å². The topological polar surface area (TPSA) is 46.9 Å². The molecule has 0 saturated heterocycles. The highest BCUT2D eigenvalue weighted by Gasteiger charge is 2.49. The van der Waals surface area contributed by atoms with Crippen molar-refractivity contribution in [3.8, 4) is 0 Å². The van der Waals surface area contributed by atoms with Gasteiger partial charge in [0.2, 0.25) is 5.91 Å². The lowest BCUT2D eigenvalue weighted by atomic mass is 9.54. The molecule has 4 nitrogen and oxygen atoms in total. The van der Waals surface area contributed by atoms with Crippen molar-refractivity contribution < 1.29 is 18.0 Å². The van der Waals surface area contributed by atoms with Gasteiger partial charge in [0.1, 0.15) is 6.04 Å². The van der Waals surface area contributed by atoms with Crippen molar-refractivity contribution in [3.63, 3.8) is 0 Å². The molecule has 1 aromatic rings. The Morgan fingerprint density at radius 2 is 1.73 bits per heavy atom. The van der Waals surface area contributed by atoms with E-state index >= 15 is 0 Å². The van der Waals surface area contributed by atoms with Crippen LogP contribution in [-0.2, 0) is 11.0 Å². The molecule has 1 heterocycles. The molecule has 1 aromatic heterocycles. The van der Waals surface area contributed by atoms with Crippen LogP contribution in [0.5, 0.6) is 0 Å². The fourth-order valence-corrected chi connectivity index (χ4v) is 6.10. The number of amides is 1. The first-order valence-corrected chi connectivity index (χ1v) is 10.1. The maximum Gasteiger partial charge on any atom is 0.436 e. The van der Waals surface area contributed by atoms with Gasteiger partial charge in [-0.2, -0.15) is 18.3 Å². The highest BCUT2D eigenvalue weighted by molar-refractivity contribution is 9.10. The minimum absolute atomic E-state index is 0.0979. The van der Waals surface area contributed by atoms with Crippen LogP contribution in [-0.4, -0.2) is 21.7 Å². The maximum atomic E-state index is 13.1. The van der Waals surface area contributed by atoms with Crippen LogP contribution in [0.2, 0.25) is 0 Å². The summed E-state index contributed by atoms with van der Waals surface area (Å²) in [5.74, 6) is 2.43. The number of carbonyl (C=O) groups is 1. The summed E-state index contributed by atoms with van der Waals surface area (Å²) in [6.45, 7) is 3.15. The van der Waals surface area contributed by atoms with Gasteiger partial charge in [-0.25, -0.2) is 0 Å². The van der Waals surface area contributed by atoms with E-state index in [4.69, 9.17) is 0 Å². The number of alkyl halides is 3. The van der Waals surface area contributed by atoms with Gasteiger partial charge < -0.3 is 5.32 Å². The van der Waals surface area contributed by atoms with Crippen LogP contribution in [0.25, 0.3) is 0 Å². The Kier molecular flexibility index (Phi) is 4.40. The number of nitrogens with one attached hydrogen (secondary N) is 1. The van der Waals surface area contributed by atoms with Crippen LogP contribution in [0.15, 0.2) is 4.47 Å². The van der Waals surface area contributed by atoms with Crippen molar-refractivity contribution in [2.24, 2.45) is 23.7 Å². The van der Waals surface area contributed by atoms with Gasteiger partial charge in [0, 0.05) is 6.04 Å². The molecular weight excluding hydrogens is 411 g/mol. The summed E-state index contributed by atoms with van der Waals surface area (Å²) in [6, 6.07) is -0.612. The summed E-state index contributed by atoms with van der Waals surface area (Å²) in [7, 11) is 0. The highest BCUT2D eigenvalue weighted by Crippen LogP contribution is 2.53. The first kappa shape index (κ1) is 18.3. The van der Waals surface area contributed by atoms with E-state index in [2.05, 4.69) is 26.3 Å². The van der Waals surface area contributed by atoms with Crippen LogP contribution >= 0.6 is 15.9 Å². The van der Waals surface area contributed by atoms with Gasteiger partial charge in [0.25, 0.3) is 0 Å². The lowest BCUT2D eigenvalue weighted by Gasteiger charge is -2.54. The van der Waals surface area contributed by atoms with Crippen molar-refractivity contribution in [1.82, 2.24) is 15.1 Å². The molecule has 4 aliphatic rings. The van der Waals surface area contributed by atoms with Gasteiger partial charge in [0.15, 0.2) is 5.69 Å². The second-order valence-electron chi connectivity index (χ2n) is 8.33. The standard InChI is InChI=1S/C18H23BrF3N3O/c1-8-14(19)16(18(20,21)22)24-25(8)9(2)17(26)23-15-12-4-10-3-11(6-12)7-13(15)5-10/h9-13,15H,3-7H2,1-2H3,(H,23,26). The first-order chi connectivity index (χ1) is 12.1. The van der Waals surface area contributed by atoms with E-state index in [1.54, 1.807) is 13.8 Å². The average Bonchev–Trinajstić information content (AvgIpc) is 2.85. The summed E-state index contributed by atoms with van der Waals surface area (Å²) in [5.41, 5.74) is -0.672. The van der Waals surface area contributed by atoms with Gasteiger partial charge >= 0.3 is 6.18 Å². The van der Waals surface area contributed by atoms with E-state index in [1.165, 1.54) is 36.8 Å². The quantitative estimate of drug-likeness (QED) is 0.763. The Bertz CT molecular complexity index is 702. The zero-order valence-electron chi connectivity index (χ0n) is 14.8. The average molecular weight is 434 g/mol. The molecule has 0 aliphatic heterocycles. The van der Waals surface area contributed by atoms with Crippen molar-refractivity contribution in [2.75, 3.05) is 0 Å². The molecule has 0 radical (unpaired) electrons. The summed E-state index contributed by atoms with van der Waals surface area (Å²) in [5, 5.41) is 6.83.